The Labute approximate surface area is 156 Å². The van der Waals surface area contributed by atoms with Crippen LogP contribution in [0.25, 0.3) is 22.4 Å². The summed E-state index contributed by atoms with van der Waals surface area (Å²) in [4.78, 5) is 8.18. The third-order valence-corrected chi connectivity index (χ3v) is 5.14. The monoisotopic (exact) mass is 350 g/mol. The predicted molar refractivity (Wildman–Crippen MR) is 110 cm³/mol. The topological polar surface area (TPSA) is 48.9 Å². The largest absolute Gasteiger partial charge is 0.507 e. The van der Waals surface area contributed by atoms with Gasteiger partial charge in [-0.2, -0.15) is 0 Å². The molecule has 0 aliphatic heterocycles. The van der Waals surface area contributed by atoms with Gasteiger partial charge in [-0.05, 0) is 59.6 Å². The van der Waals surface area contributed by atoms with Gasteiger partial charge < -0.3 is 10.1 Å². The van der Waals surface area contributed by atoms with E-state index in [2.05, 4.69) is 84.6 Å². The number of nitrogens with zero attached hydrogens (tertiary/aromatic N) is 1. The Morgan fingerprint density at radius 1 is 0.846 bits per heavy atom. The van der Waals surface area contributed by atoms with Crippen LogP contribution in [0.2, 0.25) is 0 Å². The minimum absolute atomic E-state index is 0.0123. The highest BCUT2D eigenvalue weighted by atomic mass is 16.3. The third-order valence-electron chi connectivity index (χ3n) is 5.14. The van der Waals surface area contributed by atoms with E-state index in [0.29, 0.717) is 5.75 Å². The SMILES string of the molecule is Cc1cc2nc(-c3cc(C(C)(C)C)cc(C(C)(C)C)c3O)[nH]c2cc1C. The van der Waals surface area contributed by atoms with Gasteiger partial charge in [-0.25, -0.2) is 4.98 Å². The zero-order valence-electron chi connectivity index (χ0n) is 17.2. The van der Waals surface area contributed by atoms with Gasteiger partial charge in [0.25, 0.3) is 0 Å². The number of benzene rings is 2. The van der Waals surface area contributed by atoms with Crippen LogP contribution in [0.15, 0.2) is 24.3 Å². The summed E-state index contributed by atoms with van der Waals surface area (Å²) in [7, 11) is 0. The number of hydrogen-bond donors (Lipinski definition) is 2. The molecule has 0 spiro atoms. The summed E-state index contributed by atoms with van der Waals surface area (Å²) in [6.07, 6.45) is 0. The molecule has 138 valence electrons. The van der Waals surface area contributed by atoms with E-state index in [4.69, 9.17) is 4.98 Å². The molecule has 1 heterocycles. The number of fused-ring (bicyclic) bond motifs is 1. The average molecular weight is 351 g/mol. The van der Waals surface area contributed by atoms with Crippen molar-refractivity contribution in [3.8, 4) is 17.1 Å². The second-order valence-corrected chi connectivity index (χ2v) is 9.46. The smallest absolute Gasteiger partial charge is 0.142 e. The molecule has 26 heavy (non-hydrogen) atoms. The van der Waals surface area contributed by atoms with Crippen LogP contribution in [-0.4, -0.2) is 15.1 Å². The molecule has 0 saturated carbocycles. The van der Waals surface area contributed by atoms with E-state index in [1.807, 2.05) is 0 Å². The van der Waals surface area contributed by atoms with E-state index in [-0.39, 0.29) is 10.8 Å². The van der Waals surface area contributed by atoms with Crippen molar-refractivity contribution in [2.24, 2.45) is 0 Å². The van der Waals surface area contributed by atoms with E-state index in [9.17, 15) is 5.11 Å². The normalized spacial score (nSPS) is 12.8. The fourth-order valence-electron chi connectivity index (χ4n) is 3.22. The third kappa shape index (κ3) is 3.23. The van der Waals surface area contributed by atoms with Crippen LogP contribution in [0.5, 0.6) is 5.75 Å². The molecule has 0 aliphatic carbocycles. The van der Waals surface area contributed by atoms with Gasteiger partial charge in [0.15, 0.2) is 0 Å². The number of hydrogen-bond acceptors (Lipinski definition) is 2. The zero-order chi connectivity index (χ0) is 19.4. The van der Waals surface area contributed by atoms with E-state index in [0.717, 1.165) is 28.0 Å². The van der Waals surface area contributed by atoms with Crippen molar-refractivity contribution in [1.82, 2.24) is 9.97 Å². The van der Waals surface area contributed by atoms with Crippen molar-refractivity contribution < 1.29 is 5.11 Å². The molecule has 2 aromatic carbocycles. The first-order valence-corrected chi connectivity index (χ1v) is 9.23. The van der Waals surface area contributed by atoms with Crippen LogP contribution in [0.4, 0.5) is 0 Å². The summed E-state index contributed by atoms with van der Waals surface area (Å²) >= 11 is 0. The van der Waals surface area contributed by atoms with Gasteiger partial charge in [-0.15, -0.1) is 0 Å². The maximum absolute atomic E-state index is 11.0. The quantitative estimate of drug-likeness (QED) is 0.553. The number of aromatic hydroxyl groups is 1. The van der Waals surface area contributed by atoms with Crippen molar-refractivity contribution in [3.05, 3.63) is 46.5 Å². The predicted octanol–water partition coefficient (Wildman–Crippen LogP) is 6.15. The number of rotatable bonds is 1. The summed E-state index contributed by atoms with van der Waals surface area (Å²) < 4.78 is 0. The Morgan fingerprint density at radius 3 is 2.04 bits per heavy atom. The number of phenols is 1. The van der Waals surface area contributed by atoms with Crippen molar-refractivity contribution in [1.29, 1.82) is 0 Å². The molecule has 0 aliphatic rings. The van der Waals surface area contributed by atoms with Gasteiger partial charge in [-0.3, -0.25) is 0 Å². The number of imidazole rings is 1. The van der Waals surface area contributed by atoms with Crippen LogP contribution < -0.4 is 0 Å². The number of H-pyrrole nitrogens is 1. The second-order valence-electron chi connectivity index (χ2n) is 9.46. The molecular weight excluding hydrogens is 320 g/mol. The van der Waals surface area contributed by atoms with Gasteiger partial charge in [0.1, 0.15) is 11.6 Å². The fraction of sp³-hybridized carbons (Fsp3) is 0.435. The molecule has 0 bridgehead atoms. The Balaban J connectivity index is 2.30. The highest BCUT2D eigenvalue weighted by Gasteiger charge is 2.26. The molecule has 3 aromatic rings. The fourth-order valence-corrected chi connectivity index (χ4v) is 3.22. The lowest BCUT2D eigenvalue weighted by Crippen LogP contribution is -2.17. The first-order valence-electron chi connectivity index (χ1n) is 9.23. The first kappa shape index (κ1) is 18.5. The van der Waals surface area contributed by atoms with E-state index < -0.39 is 0 Å². The van der Waals surface area contributed by atoms with Gasteiger partial charge >= 0.3 is 0 Å². The van der Waals surface area contributed by atoms with Crippen LogP contribution >= 0.6 is 0 Å². The summed E-state index contributed by atoms with van der Waals surface area (Å²) in [6.45, 7) is 17.2. The minimum Gasteiger partial charge on any atom is -0.507 e. The molecule has 2 N–H and O–H groups in total. The lowest BCUT2D eigenvalue weighted by molar-refractivity contribution is 0.446. The molecule has 1 aromatic heterocycles. The number of aromatic amines is 1. The molecule has 3 nitrogen and oxygen atoms in total. The van der Waals surface area contributed by atoms with Gasteiger partial charge in [0.2, 0.25) is 0 Å². The van der Waals surface area contributed by atoms with Crippen molar-refractivity contribution in [2.45, 2.75) is 66.2 Å². The highest BCUT2D eigenvalue weighted by Crippen LogP contribution is 2.41. The van der Waals surface area contributed by atoms with Crippen LogP contribution in [0.1, 0.15) is 63.8 Å². The highest BCUT2D eigenvalue weighted by molar-refractivity contribution is 5.82. The maximum Gasteiger partial charge on any atom is 0.142 e. The van der Waals surface area contributed by atoms with Crippen LogP contribution in [0, 0.1) is 13.8 Å². The second kappa shape index (κ2) is 5.87. The van der Waals surface area contributed by atoms with E-state index in [1.54, 1.807) is 0 Å². The van der Waals surface area contributed by atoms with E-state index >= 15 is 0 Å². The van der Waals surface area contributed by atoms with Gasteiger partial charge in [0, 0.05) is 5.56 Å². The Kier molecular flexibility index (Phi) is 4.18. The molecule has 0 amide bonds. The van der Waals surface area contributed by atoms with Gasteiger partial charge in [0.05, 0.1) is 16.6 Å². The Morgan fingerprint density at radius 2 is 1.46 bits per heavy atom. The summed E-state index contributed by atoms with van der Waals surface area (Å²) in [6, 6.07) is 8.42. The van der Waals surface area contributed by atoms with Crippen molar-refractivity contribution >= 4 is 11.0 Å². The zero-order valence-corrected chi connectivity index (χ0v) is 17.2. The summed E-state index contributed by atoms with van der Waals surface area (Å²) in [5.74, 6) is 1.04. The standard InChI is InChI=1S/C23H30N2O/c1-13-9-18-19(10-14(13)2)25-21(24-18)16-11-15(22(3,4)5)12-17(20(16)26)23(6,7)8/h9-12,26H,1-8H3,(H,24,25). The molecule has 0 unspecified atom stereocenters. The molecule has 3 rings (SSSR count). The molecular formula is C23H30N2O. The first-order chi connectivity index (χ1) is 11.9. The number of aryl methyl sites for hydroxylation is 2. The molecule has 0 saturated heterocycles. The summed E-state index contributed by atoms with van der Waals surface area (Å²) in [5, 5.41) is 11.0. The van der Waals surface area contributed by atoms with Gasteiger partial charge in [-0.1, -0.05) is 47.6 Å². The van der Waals surface area contributed by atoms with E-state index in [1.165, 1.54) is 16.7 Å². The van der Waals surface area contributed by atoms with Crippen molar-refractivity contribution in [2.75, 3.05) is 0 Å². The lowest BCUT2D eigenvalue weighted by atomic mass is 9.79. The van der Waals surface area contributed by atoms with Crippen LogP contribution in [0.3, 0.4) is 0 Å². The number of nitrogens with one attached hydrogen (secondary N) is 1. The minimum atomic E-state index is -0.153. The lowest BCUT2D eigenvalue weighted by Gasteiger charge is -2.27. The maximum atomic E-state index is 11.0. The number of aromatic nitrogens is 2. The summed E-state index contributed by atoms with van der Waals surface area (Å²) in [5.41, 5.74) is 7.14. The Bertz CT molecular complexity index is 943. The molecule has 0 radical (unpaired) electrons. The Hall–Kier alpha value is -2.29. The molecule has 0 atom stereocenters. The van der Waals surface area contributed by atoms with Crippen molar-refractivity contribution in [3.63, 3.8) is 0 Å². The molecule has 0 fully saturated rings. The molecule has 3 heteroatoms. The number of phenolic OH excluding ortho intramolecular Hbond substituents is 1. The van der Waals surface area contributed by atoms with Crippen LogP contribution in [-0.2, 0) is 10.8 Å². The average Bonchev–Trinajstić information content (AvgIpc) is 2.88.